The molecule has 0 aliphatic carbocycles. The van der Waals surface area contributed by atoms with Gasteiger partial charge < -0.3 is 29.3 Å². The maximum Gasteiger partial charge on any atom is 0.407 e. The molecule has 1 fully saturated rings. The first-order valence-corrected chi connectivity index (χ1v) is 13.2. The van der Waals surface area contributed by atoms with Crippen molar-refractivity contribution in [3.05, 3.63) is 101 Å². The number of aryl methyl sites for hydroxylation is 1. The Morgan fingerprint density at radius 3 is 2.24 bits per heavy atom. The number of aliphatic hydroxyl groups excluding tert-OH is 1. The molecule has 1 heterocycles. The minimum Gasteiger partial charge on any atom is -0.494 e. The number of piperidine rings is 1. The molecule has 1 amide bonds. The summed E-state index contributed by atoms with van der Waals surface area (Å²) in [7, 11) is 0. The van der Waals surface area contributed by atoms with Crippen LogP contribution in [0.15, 0.2) is 78.9 Å². The number of carbonyl (C=O) groups is 1. The number of amides is 1. The average molecular weight is 520 g/mol. The molecule has 202 valence electrons. The molecule has 1 saturated heterocycles. The van der Waals surface area contributed by atoms with Crippen LogP contribution in [0.2, 0.25) is 0 Å². The number of β-amino-alcohol motifs (C(OH)–C–C–N with tert-alkyl or cyclic N) is 1. The highest BCUT2D eigenvalue weighted by atomic mass is 16.5. The van der Waals surface area contributed by atoms with Crippen LogP contribution in [0, 0.1) is 0 Å². The molecule has 4 rings (SSSR count). The van der Waals surface area contributed by atoms with Crippen molar-refractivity contribution in [2.45, 2.75) is 51.1 Å². The maximum atomic E-state index is 11.7. The van der Waals surface area contributed by atoms with Crippen molar-refractivity contribution in [1.29, 1.82) is 0 Å². The Kier molecular flexibility index (Phi) is 10.1. The van der Waals surface area contributed by atoms with E-state index < -0.39 is 18.3 Å². The van der Waals surface area contributed by atoms with E-state index in [2.05, 4.69) is 19.1 Å². The van der Waals surface area contributed by atoms with Crippen molar-refractivity contribution in [1.82, 2.24) is 4.90 Å². The third-order valence-corrected chi connectivity index (χ3v) is 6.87. The van der Waals surface area contributed by atoms with Gasteiger partial charge in [0, 0.05) is 12.3 Å². The molecule has 1 aliphatic heterocycles. The van der Waals surface area contributed by atoms with Gasteiger partial charge in [0.05, 0.1) is 51.7 Å². The molecule has 3 aromatic carbocycles. The molecule has 3 unspecified atom stereocenters. The summed E-state index contributed by atoms with van der Waals surface area (Å²) in [5, 5.41) is 20.5. The van der Waals surface area contributed by atoms with E-state index in [9.17, 15) is 15.0 Å². The van der Waals surface area contributed by atoms with Crippen molar-refractivity contribution in [3.8, 4) is 5.75 Å². The molecule has 3 atom stereocenters. The summed E-state index contributed by atoms with van der Waals surface area (Å²) in [5.74, 6) is 0.392. The molecule has 0 aromatic heterocycles. The Morgan fingerprint density at radius 2 is 1.55 bits per heavy atom. The van der Waals surface area contributed by atoms with Crippen LogP contribution in [0.1, 0.15) is 41.5 Å². The van der Waals surface area contributed by atoms with Crippen LogP contribution in [0.25, 0.3) is 0 Å². The molecule has 0 spiro atoms. The van der Waals surface area contributed by atoms with Gasteiger partial charge >= 0.3 is 6.09 Å². The van der Waals surface area contributed by atoms with E-state index in [1.165, 1.54) is 10.5 Å². The number of likely N-dealkylation sites (tertiary alicyclic amines) is 1. The number of benzene rings is 3. The Labute approximate surface area is 224 Å². The van der Waals surface area contributed by atoms with E-state index in [0.717, 1.165) is 35.3 Å². The molecular weight excluding hydrogens is 482 g/mol. The highest BCUT2D eigenvalue weighted by Crippen LogP contribution is 2.32. The lowest BCUT2D eigenvalue weighted by atomic mass is 9.84. The number of rotatable bonds is 12. The zero-order valence-electron chi connectivity index (χ0n) is 21.9. The fourth-order valence-corrected chi connectivity index (χ4v) is 4.72. The minimum absolute atomic E-state index is 0.0479. The topological polar surface area (TPSA) is 88.5 Å². The summed E-state index contributed by atoms with van der Waals surface area (Å²) in [4.78, 5) is 12.9. The Hall–Kier alpha value is -3.39. The molecule has 0 bridgehead atoms. The minimum atomic E-state index is -1.06. The predicted octanol–water partition coefficient (Wildman–Crippen LogP) is 5.26. The molecule has 0 saturated carbocycles. The van der Waals surface area contributed by atoms with E-state index in [4.69, 9.17) is 14.2 Å². The van der Waals surface area contributed by atoms with Gasteiger partial charge in [-0.1, -0.05) is 73.7 Å². The quantitative estimate of drug-likeness (QED) is 0.318. The summed E-state index contributed by atoms with van der Waals surface area (Å²) < 4.78 is 17.8. The third kappa shape index (κ3) is 7.81. The molecule has 7 nitrogen and oxygen atoms in total. The van der Waals surface area contributed by atoms with Crippen molar-refractivity contribution in [2.75, 3.05) is 26.3 Å². The SMILES string of the molecule is CCc1ccc(COC2CN(C(=O)O)CC(O)C2c2ccc(OCCCOCc3ccccc3)cc2)cc1. The molecule has 0 radical (unpaired) electrons. The number of hydrogen-bond acceptors (Lipinski definition) is 5. The normalized spacial score (nSPS) is 19.3. The van der Waals surface area contributed by atoms with Gasteiger partial charge in [-0.15, -0.1) is 0 Å². The number of nitrogens with zero attached hydrogens (tertiary/aromatic N) is 1. The van der Waals surface area contributed by atoms with Crippen LogP contribution >= 0.6 is 0 Å². The average Bonchev–Trinajstić information content (AvgIpc) is 2.94. The summed E-state index contributed by atoms with van der Waals surface area (Å²) >= 11 is 0. The second-order valence-electron chi connectivity index (χ2n) is 9.61. The third-order valence-electron chi connectivity index (χ3n) is 6.87. The standard InChI is InChI=1S/C31H37NO6/c1-2-23-9-11-25(12-10-23)22-38-29-20-32(31(34)35)19-28(33)30(29)26-13-15-27(16-14-26)37-18-6-17-36-21-24-7-4-3-5-8-24/h3-5,7-16,28-30,33H,2,6,17-22H2,1H3,(H,34,35). The second-order valence-corrected chi connectivity index (χ2v) is 9.61. The predicted molar refractivity (Wildman–Crippen MR) is 145 cm³/mol. The smallest absolute Gasteiger partial charge is 0.407 e. The van der Waals surface area contributed by atoms with Crippen LogP contribution in [0.4, 0.5) is 4.79 Å². The van der Waals surface area contributed by atoms with Crippen LogP contribution in [-0.2, 0) is 29.1 Å². The first kappa shape index (κ1) is 27.6. The van der Waals surface area contributed by atoms with Crippen molar-refractivity contribution >= 4 is 6.09 Å². The summed E-state index contributed by atoms with van der Waals surface area (Å²) in [6.45, 7) is 4.44. The van der Waals surface area contributed by atoms with Gasteiger partial charge in [-0.3, -0.25) is 0 Å². The summed E-state index contributed by atoms with van der Waals surface area (Å²) in [6, 6.07) is 25.9. The fourth-order valence-electron chi connectivity index (χ4n) is 4.72. The van der Waals surface area contributed by atoms with Crippen LogP contribution in [-0.4, -0.2) is 59.7 Å². The van der Waals surface area contributed by atoms with Crippen molar-refractivity contribution in [3.63, 3.8) is 0 Å². The van der Waals surface area contributed by atoms with Crippen LogP contribution in [0.5, 0.6) is 5.75 Å². The zero-order valence-corrected chi connectivity index (χ0v) is 21.9. The van der Waals surface area contributed by atoms with E-state index in [0.29, 0.717) is 26.4 Å². The van der Waals surface area contributed by atoms with Crippen LogP contribution < -0.4 is 4.74 Å². The molecule has 1 aliphatic rings. The van der Waals surface area contributed by atoms with Gasteiger partial charge in [0.25, 0.3) is 0 Å². The van der Waals surface area contributed by atoms with Gasteiger partial charge in [-0.05, 0) is 40.8 Å². The van der Waals surface area contributed by atoms with E-state index in [1.54, 1.807) is 0 Å². The molecular formula is C31H37NO6. The van der Waals surface area contributed by atoms with Crippen molar-refractivity contribution < 1.29 is 29.2 Å². The molecule has 3 aromatic rings. The summed E-state index contributed by atoms with van der Waals surface area (Å²) in [5.41, 5.74) is 4.31. The van der Waals surface area contributed by atoms with E-state index in [-0.39, 0.29) is 19.0 Å². The lowest BCUT2D eigenvalue weighted by Crippen LogP contribution is -2.53. The monoisotopic (exact) mass is 519 g/mol. The van der Waals surface area contributed by atoms with Gasteiger partial charge in [0.15, 0.2) is 0 Å². The van der Waals surface area contributed by atoms with Crippen LogP contribution in [0.3, 0.4) is 0 Å². The number of hydrogen-bond donors (Lipinski definition) is 2. The molecule has 2 N–H and O–H groups in total. The fraction of sp³-hybridized carbons (Fsp3) is 0.387. The number of carboxylic acid groups (broad SMARTS) is 1. The Balaban J connectivity index is 1.31. The highest BCUT2D eigenvalue weighted by Gasteiger charge is 2.39. The van der Waals surface area contributed by atoms with Gasteiger partial charge in [-0.25, -0.2) is 4.79 Å². The van der Waals surface area contributed by atoms with E-state index >= 15 is 0 Å². The molecule has 7 heteroatoms. The number of ether oxygens (including phenoxy) is 3. The first-order chi connectivity index (χ1) is 18.5. The first-order valence-electron chi connectivity index (χ1n) is 13.2. The molecule has 38 heavy (non-hydrogen) atoms. The second kappa shape index (κ2) is 14.0. The lowest BCUT2D eigenvalue weighted by molar-refractivity contribution is -0.0660. The largest absolute Gasteiger partial charge is 0.494 e. The Bertz CT molecular complexity index is 1120. The van der Waals surface area contributed by atoms with Gasteiger partial charge in [0.2, 0.25) is 0 Å². The van der Waals surface area contributed by atoms with Crippen molar-refractivity contribution in [2.24, 2.45) is 0 Å². The highest BCUT2D eigenvalue weighted by molar-refractivity contribution is 5.65. The maximum absolute atomic E-state index is 11.7. The number of aliphatic hydroxyl groups is 1. The lowest BCUT2D eigenvalue weighted by Gasteiger charge is -2.40. The van der Waals surface area contributed by atoms with Gasteiger partial charge in [0.1, 0.15) is 5.75 Å². The Morgan fingerprint density at radius 1 is 0.868 bits per heavy atom. The van der Waals surface area contributed by atoms with Gasteiger partial charge in [-0.2, -0.15) is 0 Å². The van der Waals surface area contributed by atoms with E-state index in [1.807, 2.05) is 66.7 Å². The zero-order chi connectivity index (χ0) is 26.7. The summed E-state index contributed by atoms with van der Waals surface area (Å²) in [6.07, 6.45) is -0.668.